The van der Waals surface area contributed by atoms with Gasteiger partial charge in [-0.15, -0.1) is 0 Å². The SMILES string of the molecule is C=C/C(=C\C=C/CC)CN. The summed E-state index contributed by atoms with van der Waals surface area (Å²) in [5, 5.41) is 0. The molecule has 0 rings (SSSR count). The minimum absolute atomic E-state index is 0.567. The Labute approximate surface area is 62.9 Å². The highest BCUT2D eigenvalue weighted by Crippen LogP contribution is 1.92. The quantitative estimate of drug-likeness (QED) is 0.589. The van der Waals surface area contributed by atoms with E-state index in [0.29, 0.717) is 6.54 Å². The first kappa shape index (κ1) is 9.18. The number of allylic oxidation sites excluding steroid dienone is 3. The van der Waals surface area contributed by atoms with Crippen LogP contribution >= 0.6 is 0 Å². The summed E-state index contributed by atoms with van der Waals surface area (Å²) in [5.41, 5.74) is 6.47. The van der Waals surface area contributed by atoms with E-state index in [1.165, 1.54) is 0 Å². The van der Waals surface area contributed by atoms with E-state index in [4.69, 9.17) is 5.73 Å². The van der Waals surface area contributed by atoms with Crippen LogP contribution in [0.25, 0.3) is 0 Å². The predicted molar refractivity (Wildman–Crippen MR) is 46.8 cm³/mol. The van der Waals surface area contributed by atoms with Gasteiger partial charge in [-0.2, -0.15) is 0 Å². The van der Waals surface area contributed by atoms with Crippen molar-refractivity contribution in [2.75, 3.05) is 6.54 Å². The molecule has 0 bridgehead atoms. The maximum Gasteiger partial charge on any atom is 0.0177 e. The zero-order valence-electron chi connectivity index (χ0n) is 6.51. The van der Waals surface area contributed by atoms with Gasteiger partial charge < -0.3 is 5.73 Å². The summed E-state index contributed by atoms with van der Waals surface area (Å²) in [5.74, 6) is 0. The summed E-state index contributed by atoms with van der Waals surface area (Å²) in [6.45, 7) is 6.29. The molecule has 0 saturated carbocycles. The van der Waals surface area contributed by atoms with Gasteiger partial charge >= 0.3 is 0 Å². The third kappa shape index (κ3) is 4.10. The van der Waals surface area contributed by atoms with E-state index in [1.807, 2.05) is 12.2 Å². The van der Waals surface area contributed by atoms with Crippen molar-refractivity contribution in [3.63, 3.8) is 0 Å². The van der Waals surface area contributed by atoms with Crippen molar-refractivity contribution < 1.29 is 0 Å². The van der Waals surface area contributed by atoms with E-state index in [9.17, 15) is 0 Å². The smallest absolute Gasteiger partial charge is 0.0177 e. The number of nitrogens with two attached hydrogens (primary N) is 1. The van der Waals surface area contributed by atoms with E-state index in [0.717, 1.165) is 12.0 Å². The Morgan fingerprint density at radius 2 is 2.30 bits per heavy atom. The van der Waals surface area contributed by atoms with Gasteiger partial charge in [-0.25, -0.2) is 0 Å². The molecule has 0 heterocycles. The molecule has 0 fully saturated rings. The van der Waals surface area contributed by atoms with Crippen LogP contribution in [0.3, 0.4) is 0 Å². The van der Waals surface area contributed by atoms with Crippen molar-refractivity contribution in [2.45, 2.75) is 13.3 Å². The fourth-order valence-electron chi connectivity index (χ4n) is 0.547. The van der Waals surface area contributed by atoms with Crippen LogP contribution in [0.15, 0.2) is 36.5 Å². The molecule has 0 aromatic rings. The first-order chi connectivity index (χ1) is 4.85. The van der Waals surface area contributed by atoms with Crippen LogP contribution in [-0.4, -0.2) is 6.54 Å². The maximum atomic E-state index is 5.39. The van der Waals surface area contributed by atoms with Gasteiger partial charge in [0, 0.05) is 6.54 Å². The van der Waals surface area contributed by atoms with Crippen LogP contribution < -0.4 is 5.73 Å². The minimum atomic E-state index is 0.567. The molecule has 0 aromatic heterocycles. The predicted octanol–water partition coefficient (Wildman–Crippen LogP) is 2.02. The molecule has 0 aromatic carbocycles. The average Bonchev–Trinajstić information content (AvgIpc) is 1.99. The van der Waals surface area contributed by atoms with Crippen molar-refractivity contribution in [1.29, 1.82) is 0 Å². The highest BCUT2D eigenvalue weighted by molar-refractivity contribution is 5.22. The molecule has 0 amide bonds. The molecule has 56 valence electrons. The zero-order chi connectivity index (χ0) is 7.82. The van der Waals surface area contributed by atoms with Gasteiger partial charge in [-0.3, -0.25) is 0 Å². The molecule has 0 radical (unpaired) electrons. The van der Waals surface area contributed by atoms with E-state index in [1.54, 1.807) is 6.08 Å². The summed E-state index contributed by atoms with van der Waals surface area (Å²) in [4.78, 5) is 0. The lowest BCUT2D eigenvalue weighted by atomic mass is 10.2. The minimum Gasteiger partial charge on any atom is -0.326 e. The van der Waals surface area contributed by atoms with Gasteiger partial charge in [0.1, 0.15) is 0 Å². The third-order valence-corrected chi connectivity index (χ3v) is 1.18. The number of rotatable bonds is 4. The summed E-state index contributed by atoms with van der Waals surface area (Å²) in [7, 11) is 0. The second-order valence-corrected chi connectivity index (χ2v) is 1.99. The Morgan fingerprint density at radius 1 is 1.60 bits per heavy atom. The Bertz CT molecular complexity index is 143. The molecule has 0 aliphatic heterocycles. The standard InChI is InChI=1S/C9H15N/c1-3-5-6-7-9(4-2)8-10/h4-7H,2-3,8,10H2,1H3/b6-5-,9-7+. The number of hydrogen-bond acceptors (Lipinski definition) is 1. The summed E-state index contributed by atoms with van der Waals surface area (Å²) < 4.78 is 0. The van der Waals surface area contributed by atoms with Crippen molar-refractivity contribution in [3.05, 3.63) is 36.5 Å². The van der Waals surface area contributed by atoms with Gasteiger partial charge in [0.2, 0.25) is 0 Å². The topological polar surface area (TPSA) is 26.0 Å². The molecule has 0 spiro atoms. The van der Waals surface area contributed by atoms with E-state index < -0.39 is 0 Å². The molecule has 2 N–H and O–H groups in total. The van der Waals surface area contributed by atoms with Crippen LogP contribution in [-0.2, 0) is 0 Å². The molecule has 0 aliphatic carbocycles. The second-order valence-electron chi connectivity index (χ2n) is 1.99. The lowest BCUT2D eigenvalue weighted by Crippen LogP contribution is -1.99. The fourth-order valence-corrected chi connectivity index (χ4v) is 0.547. The van der Waals surface area contributed by atoms with Crippen LogP contribution in [0.4, 0.5) is 0 Å². The molecule has 0 aliphatic rings. The molecule has 0 saturated heterocycles. The van der Waals surface area contributed by atoms with Crippen molar-refractivity contribution in [3.8, 4) is 0 Å². The van der Waals surface area contributed by atoms with Crippen molar-refractivity contribution in [2.24, 2.45) is 5.73 Å². The van der Waals surface area contributed by atoms with Gasteiger partial charge in [-0.1, -0.05) is 37.8 Å². The first-order valence-corrected chi connectivity index (χ1v) is 3.53. The molecule has 1 nitrogen and oxygen atoms in total. The number of hydrogen-bond donors (Lipinski definition) is 1. The first-order valence-electron chi connectivity index (χ1n) is 3.53. The Balaban J connectivity index is 3.85. The molecular formula is C9H15N. The Hall–Kier alpha value is -0.820. The van der Waals surface area contributed by atoms with Crippen LogP contribution in [0.2, 0.25) is 0 Å². The molecule has 0 atom stereocenters. The highest BCUT2D eigenvalue weighted by Gasteiger charge is 1.80. The Kier molecular flexibility index (Phi) is 5.79. The molecule has 10 heavy (non-hydrogen) atoms. The molecular weight excluding hydrogens is 122 g/mol. The monoisotopic (exact) mass is 137 g/mol. The van der Waals surface area contributed by atoms with E-state index in [-0.39, 0.29) is 0 Å². The lowest BCUT2D eigenvalue weighted by molar-refractivity contribution is 1.18. The van der Waals surface area contributed by atoms with Gasteiger partial charge in [-0.05, 0) is 12.0 Å². The largest absolute Gasteiger partial charge is 0.326 e. The van der Waals surface area contributed by atoms with E-state index >= 15 is 0 Å². The van der Waals surface area contributed by atoms with Crippen LogP contribution in [0, 0.1) is 0 Å². The third-order valence-electron chi connectivity index (χ3n) is 1.18. The van der Waals surface area contributed by atoms with Crippen LogP contribution in [0.1, 0.15) is 13.3 Å². The second kappa shape index (κ2) is 6.30. The van der Waals surface area contributed by atoms with Gasteiger partial charge in [0.25, 0.3) is 0 Å². The molecule has 1 heteroatoms. The Morgan fingerprint density at radius 3 is 2.70 bits per heavy atom. The molecule has 0 unspecified atom stereocenters. The van der Waals surface area contributed by atoms with Gasteiger partial charge in [0.15, 0.2) is 0 Å². The summed E-state index contributed by atoms with van der Waals surface area (Å²) in [6, 6.07) is 0. The lowest BCUT2D eigenvalue weighted by Gasteiger charge is -1.90. The fraction of sp³-hybridized carbons (Fsp3) is 0.333. The summed E-state index contributed by atoms with van der Waals surface area (Å²) >= 11 is 0. The van der Waals surface area contributed by atoms with Gasteiger partial charge in [0.05, 0.1) is 0 Å². The van der Waals surface area contributed by atoms with Crippen molar-refractivity contribution in [1.82, 2.24) is 0 Å². The normalized spacial score (nSPS) is 12.4. The van der Waals surface area contributed by atoms with E-state index in [2.05, 4.69) is 19.6 Å². The average molecular weight is 137 g/mol. The maximum absolute atomic E-state index is 5.39. The summed E-state index contributed by atoms with van der Waals surface area (Å²) in [6.07, 6.45) is 8.91. The van der Waals surface area contributed by atoms with Crippen molar-refractivity contribution >= 4 is 0 Å². The zero-order valence-corrected chi connectivity index (χ0v) is 6.51. The highest BCUT2D eigenvalue weighted by atomic mass is 14.5. The van der Waals surface area contributed by atoms with Crippen LogP contribution in [0.5, 0.6) is 0 Å².